The minimum Gasteiger partial charge on any atom is -0.239 e. The Kier molecular flexibility index (Phi) is 27.1. The van der Waals surface area contributed by atoms with E-state index in [0.29, 0.717) is 51.0 Å². The molecule has 0 heterocycles. The predicted octanol–water partition coefficient (Wildman–Crippen LogP) is 30.9. The van der Waals surface area contributed by atoms with Gasteiger partial charge in [-0.25, -0.2) is 26.3 Å². The molecule has 4 saturated carbocycles. The largest absolute Gasteiger partial charge is 0.273 e. The molecule has 7 aromatic rings. The molecule has 8 unspecified atom stereocenters. The molecule has 0 saturated heterocycles. The zero-order valence-electron chi connectivity index (χ0n) is 76.4. The lowest BCUT2D eigenvalue weighted by atomic mass is 9.64. The van der Waals surface area contributed by atoms with E-state index in [1.165, 1.54) is 98.9 Å². The van der Waals surface area contributed by atoms with Gasteiger partial charge in [0.2, 0.25) is 0 Å². The monoisotopic (exact) mass is 1440 g/mol. The van der Waals surface area contributed by atoms with Crippen LogP contribution in [0, 0.1) is 5.41 Å². The van der Waals surface area contributed by atoms with E-state index < -0.39 is 72.6 Å². The predicted molar refractivity (Wildman–Crippen MR) is 438 cm³/mol. The number of benzene rings is 7. The van der Waals surface area contributed by atoms with Crippen molar-refractivity contribution >= 4 is 0 Å². The molecule has 11 aliphatic rings. The highest BCUT2D eigenvalue weighted by Crippen LogP contribution is 2.71. The lowest BCUT2D eigenvalue weighted by molar-refractivity contribution is -0.0957. The third kappa shape index (κ3) is 17.8. The topological polar surface area (TPSA) is 0 Å². The molecule has 0 nitrogen and oxygen atoms in total. The van der Waals surface area contributed by atoms with Crippen molar-refractivity contribution in [1.82, 2.24) is 0 Å². The molecule has 11 aliphatic carbocycles. The highest BCUT2D eigenvalue weighted by atomic mass is 19.3. The zero-order valence-corrected chi connectivity index (χ0v) is 68.4. The molecule has 0 N–H and O–H groups in total. The van der Waals surface area contributed by atoms with Gasteiger partial charge in [-0.05, 0) is 195 Å². The van der Waals surface area contributed by atoms with Crippen LogP contribution in [0.1, 0.15) is 363 Å². The number of hydrogen-bond donors (Lipinski definition) is 0. The van der Waals surface area contributed by atoms with Gasteiger partial charge in [-0.3, -0.25) is 0 Å². The molecule has 0 spiro atoms. The van der Waals surface area contributed by atoms with Crippen molar-refractivity contribution in [3.8, 4) is 0 Å². The Morgan fingerprint density at radius 3 is 0.913 bits per heavy atom. The summed E-state index contributed by atoms with van der Waals surface area (Å²) in [5.74, 6) is -4.37. The number of halogens is 6. The number of hydrogen-bond acceptors (Lipinski definition) is 0. The molecule has 104 heavy (non-hydrogen) atoms. The first-order valence-corrected chi connectivity index (χ1v) is 40.0. The summed E-state index contributed by atoms with van der Waals surface area (Å²) < 4.78 is 143. The maximum Gasteiger partial charge on any atom is 0.273 e. The summed E-state index contributed by atoms with van der Waals surface area (Å²) in [4.78, 5) is 0. The molecule has 8 bridgehead atoms. The van der Waals surface area contributed by atoms with Crippen molar-refractivity contribution < 1.29 is 37.3 Å². The van der Waals surface area contributed by atoms with Gasteiger partial charge < -0.3 is 0 Å². The van der Waals surface area contributed by atoms with E-state index in [1.807, 2.05) is 96.9 Å². The summed E-state index contributed by atoms with van der Waals surface area (Å²) in [6.07, 6.45) is 3.94. The fourth-order valence-electron chi connectivity index (χ4n) is 18.1. The van der Waals surface area contributed by atoms with Crippen molar-refractivity contribution in [2.75, 3.05) is 0 Å². The van der Waals surface area contributed by atoms with Crippen molar-refractivity contribution in [2.45, 2.75) is 343 Å². The Bertz CT molecular complexity index is 3880. The number of aryl methyl sites for hydroxylation is 2. The van der Waals surface area contributed by atoms with Crippen molar-refractivity contribution in [2.24, 2.45) is 5.41 Å². The van der Waals surface area contributed by atoms with Gasteiger partial charge in [0.15, 0.2) is 0 Å². The third-order valence-corrected chi connectivity index (χ3v) is 24.0. The molecule has 0 aliphatic heterocycles. The first-order chi connectivity index (χ1) is 52.5. The maximum atomic E-state index is 14.1. The van der Waals surface area contributed by atoms with Crippen molar-refractivity contribution in [3.05, 3.63) is 260 Å². The van der Waals surface area contributed by atoms with Gasteiger partial charge in [-0.1, -0.05) is 348 Å². The average Bonchev–Trinajstić information content (AvgIpc) is 1.35. The van der Waals surface area contributed by atoms with E-state index in [1.54, 1.807) is 57.6 Å². The summed E-state index contributed by atoms with van der Waals surface area (Å²) in [6, 6.07) is 53.4. The van der Waals surface area contributed by atoms with Crippen LogP contribution < -0.4 is 0 Å². The van der Waals surface area contributed by atoms with Gasteiger partial charge in [0, 0.05) is 52.2 Å². The van der Waals surface area contributed by atoms with Crippen LogP contribution in [-0.2, 0) is 68.4 Å². The minimum absolute atomic E-state index is 0.0410. The van der Waals surface area contributed by atoms with Crippen LogP contribution >= 0.6 is 0 Å². The number of allylic oxidation sites excluding steroid dienone is 2. The van der Waals surface area contributed by atoms with E-state index in [9.17, 15) is 26.3 Å². The second-order valence-corrected chi connectivity index (χ2v) is 30.5. The van der Waals surface area contributed by atoms with Gasteiger partial charge in [0.05, 0.1) is 0 Å². The smallest absolute Gasteiger partial charge is 0.239 e. The van der Waals surface area contributed by atoms with Crippen molar-refractivity contribution in [3.63, 3.8) is 0 Å². The van der Waals surface area contributed by atoms with E-state index >= 15 is 0 Å². The number of rotatable bonds is 0. The molecule has 6 heteroatoms. The first kappa shape index (κ1) is 76.1. The Morgan fingerprint density at radius 1 is 0.298 bits per heavy atom. The second-order valence-electron chi connectivity index (χ2n) is 30.5. The van der Waals surface area contributed by atoms with Crippen LogP contribution in [0.2, 0.25) is 0 Å². The lowest BCUT2D eigenvalue weighted by Gasteiger charge is -2.39. The summed E-state index contributed by atoms with van der Waals surface area (Å²) >= 11 is 0. The normalized spacial score (nSPS) is 30.5. The maximum absolute atomic E-state index is 14.1. The number of fused-ring (bicyclic) bond motifs is 23. The van der Waals surface area contributed by atoms with Gasteiger partial charge in [-0.2, -0.15) is 0 Å². The van der Waals surface area contributed by atoms with E-state index in [0.717, 1.165) is 24.0 Å². The molecule has 0 aromatic heterocycles. The van der Waals surface area contributed by atoms with E-state index in [-0.39, 0.29) is 28.4 Å². The van der Waals surface area contributed by atoms with Gasteiger partial charge in [0.25, 0.3) is 11.8 Å². The van der Waals surface area contributed by atoms with Gasteiger partial charge in [-0.15, -0.1) is 0 Å². The molecule has 0 amide bonds. The molecule has 4 fully saturated rings. The lowest BCUT2D eigenvalue weighted by Crippen LogP contribution is -2.37. The molecule has 7 aromatic carbocycles. The van der Waals surface area contributed by atoms with Crippen LogP contribution in [0.3, 0.4) is 0 Å². The summed E-state index contributed by atoms with van der Waals surface area (Å²) in [5, 5.41) is 0. The fourth-order valence-corrected chi connectivity index (χ4v) is 18.1. The quantitative estimate of drug-likeness (QED) is 0.105. The number of alkyl halides is 6. The highest BCUT2D eigenvalue weighted by Gasteiger charge is 2.65. The van der Waals surface area contributed by atoms with Crippen molar-refractivity contribution in [1.29, 1.82) is 0 Å². The zero-order chi connectivity index (χ0) is 85.1. The Morgan fingerprint density at radius 2 is 0.577 bits per heavy atom. The van der Waals surface area contributed by atoms with Crippen LogP contribution in [0.25, 0.3) is 0 Å². The molecular formula is C98H138F6. The third-order valence-electron chi connectivity index (χ3n) is 24.0. The van der Waals surface area contributed by atoms with E-state index in [4.69, 9.17) is 11.0 Å². The van der Waals surface area contributed by atoms with Crippen LogP contribution in [0.15, 0.2) is 182 Å². The Balaban J connectivity index is 0.000000228. The standard InChI is InChI=1S/C15H20.C14H18.C13H16.C11H10F2.C11H12.C10H8F4.C10H12.7C2H6/c1-13(2)14(3)9-10-15(13,4)12-8-6-5-7-11(12)14;1-13(2)9-10-14(3,4)12-8-6-5-7-11(12)13;1-12-7-8-13(2,9-12)11-6-4-3-5-10(11)12;12-10-5-6-11(13,7-10)9-4-2-1-3-8(9)10;1-2-4-11-9-6-5-8(7-9)10(11)3-1;11-9(12)5-6-10(13,14)8-4-2-1-3-7(8)9;1-2-6-10-8-4-3-7-9(10)5-1;7*1-2/h5-8H,9-10H2,1-4H3;5-10H,1-4H3;3-6H,7-9H2,1-2H3;1-4H,5-7H2;1-4,8-9H,5-7H2;1-4H,5-6H2;1-2,5-6H,3-4,7-8H2;7*1-2H3/i;;;;;;3D2,4D2,7D2,8D2;;;;;;;. The van der Waals surface area contributed by atoms with Gasteiger partial charge >= 0.3 is 0 Å². The Labute approximate surface area is 642 Å². The minimum atomic E-state index is -3.11. The van der Waals surface area contributed by atoms with Gasteiger partial charge in [0.1, 0.15) is 11.3 Å². The molecule has 18 rings (SSSR count). The van der Waals surface area contributed by atoms with Crippen LogP contribution in [-0.4, -0.2) is 0 Å². The fraction of sp³-hybridized carbons (Fsp3) is 0.551. The molecular weight excluding hydrogens is 1290 g/mol. The SMILES string of the molecule is CC.CC.CC.CC.CC.CC.CC.CC1(C)C=CC(C)(C)c2ccccc21.CC12CCC(C)(C1)c1ccccc12.CC12CCC(C)(c3ccccc31)C2(C)C.FC1(F)CCC(F)(F)c2ccccc21.FC12CCC(F)(C1)c1ccccc12.[2H]C1([2H])c2ccccc2C([2H])([2H])C([2H])([2H])C1([2H])[2H].c1ccc2c(c1)C1CCC2C1. The molecule has 8 atom stereocenters. The van der Waals surface area contributed by atoms with Crippen LogP contribution in [0.4, 0.5) is 26.3 Å². The van der Waals surface area contributed by atoms with E-state index in [2.05, 4.69) is 178 Å². The summed E-state index contributed by atoms with van der Waals surface area (Å²) in [6.45, 7) is 51.8. The summed E-state index contributed by atoms with van der Waals surface area (Å²) in [5.41, 5.74) is 12.4. The Hall–Kier alpha value is -6.14. The average molecular weight is 1440 g/mol. The second kappa shape index (κ2) is 37.1. The molecule has 0 radical (unpaired) electrons. The first-order valence-electron chi connectivity index (χ1n) is 44.0. The molecule has 572 valence electrons. The summed E-state index contributed by atoms with van der Waals surface area (Å²) in [7, 11) is 0. The van der Waals surface area contributed by atoms with Crippen LogP contribution in [0.5, 0.6) is 0 Å². The highest BCUT2D eigenvalue weighted by molar-refractivity contribution is 5.53.